The van der Waals surface area contributed by atoms with Crippen molar-refractivity contribution in [2.24, 2.45) is 0 Å². The minimum absolute atomic E-state index is 0.100. The number of sulfonamides is 2. The second-order valence-electron chi connectivity index (χ2n) is 6.30. The molecule has 8 heteroatoms. The summed E-state index contributed by atoms with van der Waals surface area (Å²) in [4.78, 5) is 0.262. The van der Waals surface area contributed by atoms with Crippen LogP contribution in [0, 0.1) is 0 Å². The number of benzene rings is 2. The smallest absolute Gasteiger partial charge is 0.261 e. The van der Waals surface area contributed by atoms with Gasteiger partial charge in [0.15, 0.2) is 0 Å². The van der Waals surface area contributed by atoms with Gasteiger partial charge < -0.3 is 0 Å². The summed E-state index contributed by atoms with van der Waals surface area (Å²) in [5.41, 5.74) is 1.39. The molecule has 0 aliphatic rings. The second-order valence-corrected chi connectivity index (χ2v) is 10.1. The van der Waals surface area contributed by atoms with Gasteiger partial charge in [0.1, 0.15) is 0 Å². The van der Waals surface area contributed by atoms with Gasteiger partial charge in [-0.25, -0.2) is 21.1 Å². The lowest BCUT2D eigenvalue weighted by Crippen LogP contribution is -2.22. The third kappa shape index (κ3) is 4.44. The van der Waals surface area contributed by atoms with Crippen molar-refractivity contribution in [3.05, 3.63) is 54.1 Å². The molecule has 0 saturated heterocycles. The van der Waals surface area contributed by atoms with Crippen LogP contribution in [0.4, 0.5) is 5.69 Å². The van der Waals surface area contributed by atoms with E-state index >= 15 is 0 Å². The lowest BCUT2D eigenvalue weighted by atomic mass is 9.99. The molecular weight excluding hydrogens is 372 g/mol. The fraction of sp³-hybridized carbons (Fsp3) is 0.333. The summed E-state index contributed by atoms with van der Waals surface area (Å²) in [6, 6.07) is 12.4. The molecule has 0 saturated carbocycles. The van der Waals surface area contributed by atoms with Gasteiger partial charge in [0.05, 0.1) is 9.79 Å². The number of nitrogens with one attached hydrogen (secondary N) is 1. The Bertz CT molecular complexity index is 949. The largest absolute Gasteiger partial charge is 0.280 e. The maximum absolute atomic E-state index is 12.5. The molecule has 0 amide bonds. The van der Waals surface area contributed by atoms with E-state index in [4.69, 9.17) is 0 Å². The van der Waals surface area contributed by atoms with Gasteiger partial charge in [-0.1, -0.05) is 26.0 Å². The Morgan fingerprint density at radius 3 is 1.85 bits per heavy atom. The number of nitrogens with zero attached hydrogens (tertiary/aromatic N) is 1. The minimum atomic E-state index is -3.74. The molecule has 0 bridgehead atoms. The quantitative estimate of drug-likeness (QED) is 0.779. The molecule has 0 aliphatic carbocycles. The van der Waals surface area contributed by atoms with Gasteiger partial charge in [-0.3, -0.25) is 4.72 Å². The Hall–Kier alpha value is -1.90. The molecule has 2 aromatic rings. The van der Waals surface area contributed by atoms with Crippen LogP contribution in [0.2, 0.25) is 0 Å². The van der Waals surface area contributed by atoms with Crippen molar-refractivity contribution in [2.75, 3.05) is 18.8 Å². The van der Waals surface area contributed by atoms with Crippen molar-refractivity contribution in [3.63, 3.8) is 0 Å². The molecule has 26 heavy (non-hydrogen) atoms. The van der Waals surface area contributed by atoms with Gasteiger partial charge in [-0.05, 0) is 54.3 Å². The second kappa shape index (κ2) is 7.77. The molecule has 0 aromatic heterocycles. The summed E-state index contributed by atoms with van der Waals surface area (Å²) < 4.78 is 52.7. The zero-order valence-electron chi connectivity index (χ0n) is 15.3. The number of hydrogen-bond donors (Lipinski definition) is 1. The molecule has 1 unspecified atom stereocenters. The molecule has 2 rings (SSSR count). The predicted octanol–water partition coefficient (Wildman–Crippen LogP) is 3.25. The monoisotopic (exact) mass is 396 g/mol. The number of hydrogen-bond acceptors (Lipinski definition) is 4. The van der Waals surface area contributed by atoms with Crippen molar-refractivity contribution < 1.29 is 16.8 Å². The Balaban J connectivity index is 2.22. The summed E-state index contributed by atoms with van der Waals surface area (Å²) in [5.74, 6) is 0.367. The van der Waals surface area contributed by atoms with Gasteiger partial charge >= 0.3 is 0 Å². The van der Waals surface area contributed by atoms with E-state index in [2.05, 4.69) is 18.6 Å². The third-order valence-electron chi connectivity index (χ3n) is 4.26. The average Bonchev–Trinajstić information content (AvgIpc) is 2.61. The lowest BCUT2D eigenvalue weighted by Gasteiger charge is -2.13. The molecule has 142 valence electrons. The molecule has 6 nitrogen and oxygen atoms in total. The first-order valence-corrected chi connectivity index (χ1v) is 11.2. The van der Waals surface area contributed by atoms with Crippen LogP contribution in [0.1, 0.15) is 31.7 Å². The Labute approximate surface area is 156 Å². The predicted molar refractivity (Wildman–Crippen MR) is 103 cm³/mol. The van der Waals surface area contributed by atoms with Gasteiger partial charge in [0.25, 0.3) is 10.0 Å². The van der Waals surface area contributed by atoms with Crippen LogP contribution in [-0.4, -0.2) is 35.2 Å². The first kappa shape index (κ1) is 20.4. The highest BCUT2D eigenvalue weighted by atomic mass is 32.2. The van der Waals surface area contributed by atoms with Crippen molar-refractivity contribution in [1.29, 1.82) is 0 Å². The van der Waals surface area contributed by atoms with Gasteiger partial charge in [0, 0.05) is 19.8 Å². The fourth-order valence-electron chi connectivity index (χ4n) is 2.33. The topological polar surface area (TPSA) is 83.5 Å². The van der Waals surface area contributed by atoms with E-state index in [1.165, 1.54) is 38.4 Å². The van der Waals surface area contributed by atoms with Gasteiger partial charge in [-0.2, -0.15) is 0 Å². The van der Waals surface area contributed by atoms with E-state index in [0.29, 0.717) is 11.6 Å². The first-order valence-electron chi connectivity index (χ1n) is 8.23. The zero-order valence-corrected chi connectivity index (χ0v) is 16.9. The van der Waals surface area contributed by atoms with Gasteiger partial charge in [0.2, 0.25) is 10.0 Å². The number of anilines is 1. The SMILES string of the molecule is CCC(C)c1ccc(S(=O)(=O)Nc2ccc(S(=O)(=O)N(C)C)cc2)cc1. The van der Waals surface area contributed by atoms with Crippen molar-refractivity contribution in [2.45, 2.75) is 36.0 Å². The summed E-state index contributed by atoms with van der Waals surface area (Å²) >= 11 is 0. The Morgan fingerprint density at radius 1 is 0.885 bits per heavy atom. The molecule has 1 N–H and O–H groups in total. The van der Waals surface area contributed by atoms with Crippen LogP contribution in [0.5, 0.6) is 0 Å². The molecule has 0 radical (unpaired) electrons. The van der Waals surface area contributed by atoms with Crippen LogP contribution in [0.3, 0.4) is 0 Å². The highest BCUT2D eigenvalue weighted by molar-refractivity contribution is 7.92. The molecule has 0 heterocycles. The van der Waals surface area contributed by atoms with Crippen molar-refractivity contribution >= 4 is 25.7 Å². The third-order valence-corrected chi connectivity index (χ3v) is 7.48. The maximum Gasteiger partial charge on any atom is 0.261 e. The minimum Gasteiger partial charge on any atom is -0.280 e. The highest BCUT2D eigenvalue weighted by Gasteiger charge is 2.18. The highest BCUT2D eigenvalue weighted by Crippen LogP contribution is 2.23. The van der Waals surface area contributed by atoms with E-state index in [0.717, 1.165) is 16.3 Å². The van der Waals surface area contributed by atoms with E-state index < -0.39 is 20.0 Å². The summed E-state index contributed by atoms with van der Waals surface area (Å²) in [7, 11) is -4.41. The zero-order chi connectivity index (χ0) is 19.5. The van der Waals surface area contributed by atoms with Crippen LogP contribution in [0.25, 0.3) is 0 Å². The number of rotatable bonds is 7. The lowest BCUT2D eigenvalue weighted by molar-refractivity contribution is 0.521. The van der Waals surface area contributed by atoms with E-state index in [1.54, 1.807) is 12.1 Å². The van der Waals surface area contributed by atoms with Crippen LogP contribution in [-0.2, 0) is 20.0 Å². The van der Waals surface area contributed by atoms with Gasteiger partial charge in [-0.15, -0.1) is 0 Å². The van der Waals surface area contributed by atoms with Crippen molar-refractivity contribution in [3.8, 4) is 0 Å². The van der Waals surface area contributed by atoms with Crippen molar-refractivity contribution in [1.82, 2.24) is 4.31 Å². The van der Waals surface area contributed by atoms with Crippen LogP contribution in [0.15, 0.2) is 58.3 Å². The Kier molecular flexibility index (Phi) is 6.10. The van der Waals surface area contributed by atoms with E-state index in [-0.39, 0.29) is 9.79 Å². The maximum atomic E-state index is 12.5. The summed E-state index contributed by atoms with van der Waals surface area (Å²) in [6.45, 7) is 4.17. The molecule has 0 aliphatic heterocycles. The Morgan fingerprint density at radius 2 is 1.38 bits per heavy atom. The normalized spacial score (nSPS) is 13.6. The molecule has 0 spiro atoms. The molecule has 0 fully saturated rings. The van der Waals surface area contributed by atoms with Crippen LogP contribution >= 0.6 is 0 Å². The summed E-state index contributed by atoms with van der Waals surface area (Å²) in [5, 5.41) is 0. The standard InChI is InChI=1S/C18H24N2O4S2/c1-5-14(2)15-6-10-17(11-7-15)25(21,22)19-16-8-12-18(13-9-16)26(23,24)20(3)4/h6-14,19H,5H2,1-4H3. The molecular formula is C18H24N2O4S2. The molecule has 2 aromatic carbocycles. The van der Waals surface area contributed by atoms with Crippen LogP contribution < -0.4 is 4.72 Å². The van der Waals surface area contributed by atoms with E-state index in [9.17, 15) is 16.8 Å². The van der Waals surface area contributed by atoms with E-state index in [1.807, 2.05) is 12.1 Å². The first-order chi connectivity index (χ1) is 12.1. The molecule has 1 atom stereocenters. The summed E-state index contributed by atoms with van der Waals surface area (Å²) in [6.07, 6.45) is 0.979. The fourth-order valence-corrected chi connectivity index (χ4v) is 4.29. The average molecular weight is 397 g/mol.